The van der Waals surface area contributed by atoms with Gasteiger partial charge in [0, 0.05) is 17.7 Å². The van der Waals surface area contributed by atoms with Gasteiger partial charge in [-0.25, -0.2) is 4.79 Å². The summed E-state index contributed by atoms with van der Waals surface area (Å²) in [6, 6.07) is 3.30. The topological polar surface area (TPSA) is 98.6 Å². The number of carbonyl (C=O) groups excluding carboxylic acids is 2. The summed E-state index contributed by atoms with van der Waals surface area (Å²) in [6.07, 6.45) is 4.12. The Hall–Kier alpha value is -2.78. The molecule has 0 aliphatic carbocycles. The molecule has 10 heteroatoms. The van der Waals surface area contributed by atoms with Crippen LogP contribution >= 0.6 is 23.4 Å². The summed E-state index contributed by atoms with van der Waals surface area (Å²) in [5, 5.41) is 11.0. The number of halogens is 1. The Bertz CT molecular complexity index is 867. The van der Waals surface area contributed by atoms with E-state index in [0.717, 1.165) is 17.8 Å². The third-order valence-corrected chi connectivity index (χ3v) is 4.39. The second kappa shape index (κ2) is 10.5. The van der Waals surface area contributed by atoms with E-state index in [1.807, 2.05) is 6.92 Å². The van der Waals surface area contributed by atoms with Gasteiger partial charge in [0.15, 0.2) is 16.7 Å². The molecule has 148 valence electrons. The largest absolute Gasteiger partial charge is 0.490 e. The predicted molar refractivity (Wildman–Crippen MR) is 109 cm³/mol. The molecule has 1 heterocycles. The van der Waals surface area contributed by atoms with E-state index < -0.39 is 11.9 Å². The van der Waals surface area contributed by atoms with Crippen LogP contribution in [0.25, 0.3) is 0 Å². The summed E-state index contributed by atoms with van der Waals surface area (Å²) in [7, 11) is 1.23. The van der Waals surface area contributed by atoms with Crippen LogP contribution in [0, 0.1) is 0 Å². The quantitative estimate of drug-likeness (QED) is 0.227. The summed E-state index contributed by atoms with van der Waals surface area (Å²) in [4.78, 5) is 23.2. The summed E-state index contributed by atoms with van der Waals surface area (Å²) in [5.74, 6) is -0.0813. The predicted octanol–water partition coefficient (Wildman–Crippen LogP) is 2.91. The monoisotopic (exact) mass is 423 g/mol. The number of methoxy groups -OCH3 is 1. The maximum atomic E-state index is 11.8. The van der Waals surface area contributed by atoms with Crippen molar-refractivity contribution in [3.63, 3.8) is 0 Å². The van der Waals surface area contributed by atoms with Gasteiger partial charge in [-0.05, 0) is 24.8 Å². The first kappa shape index (κ1) is 21.5. The van der Waals surface area contributed by atoms with E-state index in [9.17, 15) is 9.59 Å². The second-order valence-electron chi connectivity index (χ2n) is 5.09. The number of amides is 1. The molecule has 0 saturated carbocycles. The summed E-state index contributed by atoms with van der Waals surface area (Å²) >= 11 is 7.23. The van der Waals surface area contributed by atoms with Gasteiger partial charge in [-0.3, -0.25) is 10.1 Å². The number of nitrogens with zero attached hydrogens (tertiary/aromatic N) is 2. The van der Waals surface area contributed by atoms with E-state index in [1.54, 1.807) is 18.2 Å². The lowest BCUT2D eigenvalue weighted by atomic mass is 10.2. The van der Waals surface area contributed by atoms with Gasteiger partial charge in [0.05, 0.1) is 29.9 Å². The van der Waals surface area contributed by atoms with Crippen LogP contribution in [0.1, 0.15) is 12.5 Å². The maximum Gasteiger partial charge on any atom is 0.331 e. The van der Waals surface area contributed by atoms with Crippen LogP contribution < -0.4 is 14.8 Å². The number of hydrogen-bond donors (Lipinski definition) is 1. The maximum absolute atomic E-state index is 11.8. The van der Waals surface area contributed by atoms with Crippen molar-refractivity contribution in [2.45, 2.75) is 6.92 Å². The Labute approximate surface area is 171 Å². The van der Waals surface area contributed by atoms with E-state index in [4.69, 9.17) is 21.1 Å². The highest BCUT2D eigenvalue weighted by atomic mass is 35.5. The van der Waals surface area contributed by atoms with Gasteiger partial charge >= 0.3 is 5.97 Å². The standard InChI is InChI=1S/C18H18ClN3O5S/c1-4-6-27-14-8-12(19)11(7-13(14)26-5-2)10-20-22-18-21-17(24)15(28-18)9-16(23)25-3/h4,7-10H,1,5-6H2,2-3H3,(H,21,22,24)/b15-9+,20-10?. The van der Waals surface area contributed by atoms with Gasteiger partial charge in [-0.1, -0.05) is 24.3 Å². The third-order valence-electron chi connectivity index (χ3n) is 3.17. The molecule has 2 rings (SSSR count). The molecule has 0 atom stereocenters. The first-order chi connectivity index (χ1) is 13.5. The second-order valence-corrected chi connectivity index (χ2v) is 6.53. The average molecular weight is 424 g/mol. The summed E-state index contributed by atoms with van der Waals surface area (Å²) in [5.41, 5.74) is 0.556. The smallest absolute Gasteiger partial charge is 0.331 e. The number of amidine groups is 1. The minimum atomic E-state index is -0.628. The number of hydrogen-bond acceptors (Lipinski definition) is 8. The minimum absolute atomic E-state index is 0.168. The van der Waals surface area contributed by atoms with Crippen molar-refractivity contribution < 1.29 is 23.8 Å². The van der Waals surface area contributed by atoms with E-state index in [2.05, 4.69) is 26.8 Å². The Morgan fingerprint density at radius 1 is 1.36 bits per heavy atom. The van der Waals surface area contributed by atoms with Crippen molar-refractivity contribution in [1.82, 2.24) is 5.32 Å². The lowest BCUT2D eigenvalue weighted by molar-refractivity contribution is -0.135. The Morgan fingerprint density at radius 2 is 2.11 bits per heavy atom. The highest BCUT2D eigenvalue weighted by Crippen LogP contribution is 2.33. The van der Waals surface area contributed by atoms with E-state index in [0.29, 0.717) is 35.3 Å². The lowest BCUT2D eigenvalue weighted by Gasteiger charge is -2.12. The molecule has 0 aromatic heterocycles. The zero-order valence-corrected chi connectivity index (χ0v) is 16.8. The van der Waals surface area contributed by atoms with E-state index >= 15 is 0 Å². The highest BCUT2D eigenvalue weighted by molar-refractivity contribution is 8.18. The molecule has 1 aromatic carbocycles. The molecule has 1 amide bonds. The van der Waals surface area contributed by atoms with Crippen molar-refractivity contribution in [2.75, 3.05) is 20.3 Å². The average Bonchev–Trinajstić information content (AvgIpc) is 3.02. The SMILES string of the molecule is C=CCOc1cc(Cl)c(C=N/N=C2/NC(=O)/C(=C\C(=O)OC)S2)cc1OCC. The van der Waals surface area contributed by atoms with Crippen LogP contribution in [0.3, 0.4) is 0 Å². The molecule has 1 fully saturated rings. The first-order valence-electron chi connectivity index (χ1n) is 8.08. The van der Waals surface area contributed by atoms with Gasteiger partial charge in [-0.2, -0.15) is 5.10 Å². The number of nitrogens with one attached hydrogen (secondary N) is 1. The number of thioether (sulfide) groups is 1. The molecule has 1 saturated heterocycles. The third kappa shape index (κ3) is 5.86. The van der Waals surface area contributed by atoms with Crippen molar-refractivity contribution in [2.24, 2.45) is 10.2 Å². The van der Waals surface area contributed by atoms with Crippen molar-refractivity contribution in [3.8, 4) is 11.5 Å². The number of ether oxygens (including phenoxy) is 3. The fourth-order valence-corrected chi connectivity index (χ4v) is 2.91. The zero-order chi connectivity index (χ0) is 20.5. The Kier molecular flexibility index (Phi) is 8.09. The molecule has 0 unspecified atom stereocenters. The van der Waals surface area contributed by atoms with Gasteiger partial charge in [0.2, 0.25) is 0 Å². The molecular weight excluding hydrogens is 406 g/mol. The van der Waals surface area contributed by atoms with Crippen LogP contribution in [-0.2, 0) is 14.3 Å². The number of rotatable bonds is 8. The fourth-order valence-electron chi connectivity index (χ4n) is 1.96. The number of benzene rings is 1. The summed E-state index contributed by atoms with van der Waals surface area (Å²) in [6.45, 7) is 6.22. The van der Waals surface area contributed by atoms with Crippen LogP contribution in [0.15, 0.2) is 46.0 Å². The molecular formula is C18H18ClN3O5S. The number of esters is 1. The van der Waals surface area contributed by atoms with Crippen LogP contribution in [0.4, 0.5) is 0 Å². The van der Waals surface area contributed by atoms with E-state index in [1.165, 1.54) is 13.3 Å². The Morgan fingerprint density at radius 3 is 2.79 bits per heavy atom. The molecule has 0 radical (unpaired) electrons. The van der Waals surface area contributed by atoms with Crippen molar-refractivity contribution >= 4 is 46.6 Å². The molecule has 1 N–H and O–H groups in total. The number of carbonyl (C=O) groups is 2. The zero-order valence-electron chi connectivity index (χ0n) is 15.2. The molecule has 1 aliphatic heterocycles. The molecule has 1 aromatic rings. The minimum Gasteiger partial charge on any atom is -0.490 e. The molecule has 8 nitrogen and oxygen atoms in total. The fraction of sp³-hybridized carbons (Fsp3) is 0.222. The molecule has 1 aliphatic rings. The normalized spacial score (nSPS) is 16.5. The lowest BCUT2D eigenvalue weighted by Crippen LogP contribution is -2.19. The van der Waals surface area contributed by atoms with Crippen LogP contribution in [0.5, 0.6) is 11.5 Å². The van der Waals surface area contributed by atoms with Crippen molar-refractivity contribution in [3.05, 3.63) is 46.4 Å². The summed E-state index contributed by atoms with van der Waals surface area (Å²) < 4.78 is 15.6. The van der Waals surface area contributed by atoms with Crippen LogP contribution in [-0.4, -0.2) is 43.6 Å². The Balaban J connectivity index is 2.17. The van der Waals surface area contributed by atoms with Crippen molar-refractivity contribution in [1.29, 1.82) is 0 Å². The van der Waals surface area contributed by atoms with Gasteiger partial charge in [-0.15, -0.1) is 5.10 Å². The molecule has 0 bridgehead atoms. The molecule has 28 heavy (non-hydrogen) atoms. The van der Waals surface area contributed by atoms with Gasteiger partial charge in [0.25, 0.3) is 5.91 Å². The first-order valence-corrected chi connectivity index (χ1v) is 9.27. The van der Waals surface area contributed by atoms with Crippen LogP contribution in [0.2, 0.25) is 5.02 Å². The van der Waals surface area contributed by atoms with Gasteiger partial charge in [0.1, 0.15) is 6.61 Å². The van der Waals surface area contributed by atoms with E-state index in [-0.39, 0.29) is 10.1 Å². The molecule has 0 spiro atoms. The highest BCUT2D eigenvalue weighted by Gasteiger charge is 2.25. The van der Waals surface area contributed by atoms with Gasteiger partial charge < -0.3 is 14.2 Å².